The highest BCUT2D eigenvalue weighted by Gasteiger charge is 2.27. The topological polar surface area (TPSA) is 88.7 Å². The molecular weight excluding hydrogens is 481 g/mol. The van der Waals surface area contributed by atoms with Gasteiger partial charge in [0.15, 0.2) is 0 Å². The lowest BCUT2D eigenvalue weighted by Crippen LogP contribution is -2.45. The maximum atomic E-state index is 13.3. The fourth-order valence-corrected chi connectivity index (χ4v) is 4.60. The lowest BCUT2D eigenvalue weighted by atomic mass is 9.92. The van der Waals surface area contributed by atoms with E-state index in [1.165, 1.54) is 36.2 Å². The van der Waals surface area contributed by atoms with Crippen molar-refractivity contribution in [1.29, 1.82) is 0 Å². The summed E-state index contributed by atoms with van der Waals surface area (Å²) in [5, 5.41) is 5.78. The van der Waals surface area contributed by atoms with Gasteiger partial charge in [0, 0.05) is 48.6 Å². The zero-order valence-corrected chi connectivity index (χ0v) is 22.0. The number of carbonyl (C=O) groups is 2. The molecule has 1 saturated heterocycles. The first-order valence-corrected chi connectivity index (χ1v) is 13.1. The molecular formula is C27H36FN3O4S. The zero-order valence-electron chi connectivity index (χ0n) is 21.1. The van der Waals surface area contributed by atoms with Gasteiger partial charge in [-0.25, -0.2) is 4.39 Å². The summed E-state index contributed by atoms with van der Waals surface area (Å²) >= 11 is 1.53. The Morgan fingerprint density at radius 2 is 1.78 bits per heavy atom. The molecule has 1 atom stereocenters. The molecule has 9 heteroatoms. The highest BCUT2D eigenvalue weighted by atomic mass is 32.2. The summed E-state index contributed by atoms with van der Waals surface area (Å²) in [5.41, 5.74) is 0.868. The maximum absolute atomic E-state index is 13.3. The third kappa shape index (κ3) is 9.20. The van der Waals surface area contributed by atoms with Gasteiger partial charge in [-0.1, -0.05) is 0 Å². The largest absolute Gasteiger partial charge is 0.385 e. The van der Waals surface area contributed by atoms with E-state index in [9.17, 15) is 14.0 Å². The zero-order chi connectivity index (χ0) is 26.0. The number of methoxy groups -OCH3 is 1. The summed E-state index contributed by atoms with van der Waals surface area (Å²) in [6, 6.07) is 12.1. The Bertz CT molecular complexity index is 980. The molecule has 1 aliphatic heterocycles. The molecule has 0 bridgehead atoms. The van der Waals surface area contributed by atoms with E-state index < -0.39 is 17.8 Å². The first-order chi connectivity index (χ1) is 17.3. The van der Waals surface area contributed by atoms with Gasteiger partial charge in [0.05, 0.1) is 0 Å². The second-order valence-electron chi connectivity index (χ2n) is 9.67. The molecule has 3 rings (SSSR count). The van der Waals surface area contributed by atoms with Crippen LogP contribution in [-0.2, 0) is 14.3 Å². The van der Waals surface area contributed by atoms with Gasteiger partial charge in [-0.2, -0.15) is 0 Å². The molecule has 2 aromatic rings. The van der Waals surface area contributed by atoms with Gasteiger partial charge in [-0.05, 0) is 106 Å². The van der Waals surface area contributed by atoms with E-state index in [4.69, 9.17) is 9.47 Å². The molecule has 0 aliphatic carbocycles. The average molecular weight is 518 g/mol. The van der Waals surface area contributed by atoms with Gasteiger partial charge in [0.1, 0.15) is 11.9 Å². The molecule has 1 fully saturated rings. The van der Waals surface area contributed by atoms with Crippen molar-refractivity contribution in [3.8, 4) is 0 Å². The highest BCUT2D eigenvalue weighted by molar-refractivity contribution is 7.97. The molecule has 1 heterocycles. The molecule has 3 N–H and O–H groups in total. The number of hydrogen-bond donors (Lipinski definition) is 3. The van der Waals surface area contributed by atoms with Crippen LogP contribution in [0.5, 0.6) is 0 Å². The van der Waals surface area contributed by atoms with Gasteiger partial charge in [0.25, 0.3) is 5.91 Å². The van der Waals surface area contributed by atoms with Crippen molar-refractivity contribution in [2.75, 3.05) is 32.2 Å². The minimum absolute atomic E-state index is 0.0896. The Kier molecular flexibility index (Phi) is 10.7. The first kappa shape index (κ1) is 28.1. The molecule has 7 nitrogen and oxygen atoms in total. The van der Waals surface area contributed by atoms with Crippen molar-refractivity contribution < 1.29 is 23.5 Å². The molecule has 0 spiro atoms. The number of carbonyl (C=O) groups excluding carboxylic acids is 2. The summed E-state index contributed by atoms with van der Waals surface area (Å²) in [6.45, 7) is 6.22. The fourth-order valence-electron chi connectivity index (χ4n) is 3.83. The van der Waals surface area contributed by atoms with Gasteiger partial charge in [-0.15, -0.1) is 0 Å². The lowest BCUT2D eigenvalue weighted by molar-refractivity contribution is -0.118. The van der Waals surface area contributed by atoms with Crippen LogP contribution in [0.4, 0.5) is 10.1 Å². The number of nitrogens with one attached hydrogen (secondary N) is 3. The summed E-state index contributed by atoms with van der Waals surface area (Å²) in [5.74, 6) is -0.833. The van der Waals surface area contributed by atoms with Crippen LogP contribution in [0.2, 0.25) is 0 Å². The predicted octanol–water partition coefficient (Wildman–Crippen LogP) is 4.79. The highest BCUT2D eigenvalue weighted by Crippen LogP contribution is 2.24. The quantitative estimate of drug-likeness (QED) is 0.351. The summed E-state index contributed by atoms with van der Waals surface area (Å²) in [4.78, 5) is 27.0. The van der Waals surface area contributed by atoms with Crippen molar-refractivity contribution in [3.05, 3.63) is 59.9 Å². The Hall–Kier alpha value is -2.46. The number of hydrogen-bond acceptors (Lipinski definition) is 6. The molecule has 0 radical (unpaired) electrons. The molecule has 0 aromatic heterocycles. The number of anilines is 1. The van der Waals surface area contributed by atoms with Crippen LogP contribution < -0.4 is 15.4 Å². The number of ether oxygens (including phenoxy) is 2. The van der Waals surface area contributed by atoms with Gasteiger partial charge >= 0.3 is 0 Å². The molecule has 36 heavy (non-hydrogen) atoms. The van der Waals surface area contributed by atoms with Crippen molar-refractivity contribution in [2.24, 2.45) is 5.92 Å². The normalized spacial score (nSPS) is 15.3. The fraction of sp³-hybridized carbons (Fsp3) is 0.481. The van der Waals surface area contributed by atoms with Crippen LogP contribution in [0, 0.1) is 11.7 Å². The second kappa shape index (κ2) is 13.7. The van der Waals surface area contributed by atoms with Crippen molar-refractivity contribution in [3.63, 3.8) is 0 Å². The number of halogens is 1. The summed E-state index contributed by atoms with van der Waals surface area (Å²) in [7, 11) is 1.69. The Morgan fingerprint density at radius 3 is 2.42 bits per heavy atom. The monoisotopic (exact) mass is 517 g/mol. The smallest absolute Gasteiger partial charge is 0.251 e. The van der Waals surface area contributed by atoms with Crippen LogP contribution >= 0.6 is 11.9 Å². The molecule has 0 saturated carbocycles. The van der Waals surface area contributed by atoms with E-state index in [0.29, 0.717) is 37.5 Å². The van der Waals surface area contributed by atoms with Crippen LogP contribution in [-0.4, -0.2) is 50.3 Å². The predicted molar refractivity (Wildman–Crippen MR) is 140 cm³/mol. The van der Waals surface area contributed by atoms with Gasteiger partial charge < -0.3 is 20.1 Å². The Balaban J connectivity index is 1.62. The average Bonchev–Trinajstić information content (AvgIpc) is 2.87. The molecule has 1 aliphatic rings. The van der Waals surface area contributed by atoms with Crippen molar-refractivity contribution >= 4 is 29.4 Å². The lowest BCUT2D eigenvalue weighted by Gasteiger charge is -2.27. The Labute approximate surface area is 217 Å². The SMILES string of the molecule is COCCC(C)(C)NSc1ccc(NC(=O)C(CC2CCOCC2)NC(=O)c2ccc(F)cc2)cc1. The van der Waals surface area contributed by atoms with E-state index >= 15 is 0 Å². The van der Waals surface area contributed by atoms with E-state index in [1.54, 1.807) is 7.11 Å². The third-order valence-electron chi connectivity index (χ3n) is 6.14. The summed E-state index contributed by atoms with van der Waals surface area (Å²) in [6.07, 6.45) is 3.07. The van der Waals surface area contributed by atoms with Gasteiger partial charge in [-0.3, -0.25) is 14.3 Å². The van der Waals surface area contributed by atoms with Crippen LogP contribution in [0.3, 0.4) is 0 Å². The van der Waals surface area contributed by atoms with E-state index in [-0.39, 0.29) is 17.4 Å². The molecule has 196 valence electrons. The minimum Gasteiger partial charge on any atom is -0.385 e. The number of rotatable bonds is 12. The van der Waals surface area contributed by atoms with Crippen LogP contribution in [0.1, 0.15) is 49.9 Å². The standard InChI is InChI=1S/C27H36FN3O4S/c1-27(2,14-17-34-3)31-36-23-10-8-22(9-11-23)29-26(33)24(18-19-12-15-35-16-13-19)30-25(32)20-4-6-21(28)7-5-20/h4-11,19,24,31H,12-18H2,1-3H3,(H,29,33)(H,30,32). The molecule has 2 amide bonds. The number of benzene rings is 2. The van der Waals surface area contributed by atoms with E-state index in [1.807, 2.05) is 24.3 Å². The van der Waals surface area contributed by atoms with Crippen molar-refractivity contribution in [2.45, 2.75) is 56.0 Å². The van der Waals surface area contributed by atoms with Crippen LogP contribution in [0.15, 0.2) is 53.4 Å². The van der Waals surface area contributed by atoms with Gasteiger partial charge in [0.2, 0.25) is 5.91 Å². The number of amides is 2. The second-order valence-corrected chi connectivity index (χ2v) is 10.5. The Morgan fingerprint density at radius 1 is 1.11 bits per heavy atom. The van der Waals surface area contributed by atoms with Crippen LogP contribution in [0.25, 0.3) is 0 Å². The molecule has 2 aromatic carbocycles. The van der Waals surface area contributed by atoms with E-state index in [0.717, 1.165) is 24.2 Å². The molecule has 1 unspecified atom stereocenters. The summed E-state index contributed by atoms with van der Waals surface area (Å²) < 4.78 is 27.3. The maximum Gasteiger partial charge on any atom is 0.251 e. The first-order valence-electron chi connectivity index (χ1n) is 12.2. The third-order valence-corrected chi connectivity index (χ3v) is 7.30. The van der Waals surface area contributed by atoms with E-state index in [2.05, 4.69) is 29.2 Å². The van der Waals surface area contributed by atoms with Crippen molar-refractivity contribution in [1.82, 2.24) is 10.0 Å². The minimum atomic E-state index is -0.719.